The molecule has 2 N–H and O–H groups in total. The highest BCUT2D eigenvalue weighted by Gasteiger charge is 2.43. The number of nitrogens with zero attached hydrogens (tertiary/aromatic N) is 5. The van der Waals surface area contributed by atoms with E-state index in [0.717, 1.165) is 10.0 Å². The summed E-state index contributed by atoms with van der Waals surface area (Å²) < 4.78 is 41.0. The number of methoxy groups -OCH3 is 1. The van der Waals surface area contributed by atoms with E-state index in [9.17, 15) is 48.2 Å². The van der Waals surface area contributed by atoms with Crippen LogP contribution in [-0.2, 0) is 73.3 Å². The molecule has 396 valence electrons. The van der Waals surface area contributed by atoms with E-state index in [0.29, 0.717) is 64.2 Å². The lowest BCUT2D eigenvalue weighted by atomic mass is 10.1. The fraction of sp³-hybridized carbons (Fsp3) is 0.391. The standard InChI is InChI=1S/C28H30ClN4O10.C18H22N3O10/c1-17-22(23-13-21(39-3)10-11-24(23)32(17)27(36)19-6-8-20(29)9-7-19)14-26(35)41-15-42-28(37)25-5-4-12-31(25)33(38)30-43-16-40-18(2)34;1-12(22)27-11-30-19-21(26)20-9-5-7-15(20)18(25)29-10-28-17(24)14-6-3-4-8-16(14)31-13(2)23/h6-11,13,25H,4-5,12,14-16H2,1-3H3,(H,30,38);3-4,6,8,15H,5,7,9-11H2,1-2H3,(H,19,26)/q2*+1/t25-;/m0./s1. The highest BCUT2D eigenvalue weighted by Crippen LogP contribution is 2.31. The first kappa shape index (κ1) is 56.5. The molecular weight excluding hydrogens is 1010 g/mol. The van der Waals surface area contributed by atoms with Gasteiger partial charge in [0.05, 0.1) is 42.0 Å². The molecule has 4 aromatic rings. The minimum Gasteiger partial charge on any atom is -0.497 e. The summed E-state index contributed by atoms with van der Waals surface area (Å²) in [6, 6.07) is 15.7. The summed E-state index contributed by atoms with van der Waals surface area (Å²) in [7, 11) is 1.51. The van der Waals surface area contributed by atoms with Gasteiger partial charge >= 0.3 is 41.8 Å². The zero-order valence-corrected chi connectivity index (χ0v) is 41.3. The van der Waals surface area contributed by atoms with Gasteiger partial charge in [-0.1, -0.05) is 33.8 Å². The number of hydrogen-bond donors (Lipinski definition) is 2. The second kappa shape index (κ2) is 27.4. The minimum atomic E-state index is -0.951. The molecule has 0 amide bonds. The highest BCUT2D eigenvalue weighted by atomic mass is 35.5. The Morgan fingerprint density at radius 2 is 1.23 bits per heavy atom. The van der Waals surface area contributed by atoms with Crippen LogP contribution in [0.1, 0.15) is 78.4 Å². The van der Waals surface area contributed by atoms with Gasteiger partial charge in [-0.25, -0.2) is 14.4 Å². The summed E-state index contributed by atoms with van der Waals surface area (Å²) >= 11 is 5.98. The molecule has 2 atom stereocenters. The molecule has 2 aliphatic heterocycles. The first-order valence-electron chi connectivity index (χ1n) is 22.3. The molecule has 3 heterocycles. The number of esters is 7. The number of para-hydroxylation sites is 1. The fourth-order valence-corrected chi connectivity index (χ4v) is 7.47. The Labute approximate surface area is 425 Å². The van der Waals surface area contributed by atoms with Crippen molar-refractivity contribution in [1.29, 1.82) is 0 Å². The van der Waals surface area contributed by atoms with E-state index in [-0.39, 0.29) is 46.7 Å². The van der Waals surface area contributed by atoms with Gasteiger partial charge in [0.25, 0.3) is 15.9 Å². The number of carbonyl (C=O) groups excluding carboxylic acids is 8. The Hall–Kier alpha value is -8.43. The number of nitrogens with one attached hydrogen (secondary N) is 2. The van der Waals surface area contributed by atoms with Gasteiger partial charge in [0, 0.05) is 53.6 Å². The maximum absolute atomic E-state index is 13.4. The van der Waals surface area contributed by atoms with Crippen molar-refractivity contribution in [2.24, 2.45) is 0 Å². The SMILES string of the molecule is CC(=O)OCON[N+](=O)N1CCCC1C(=O)OCOC(=O)c1ccccc1OC(C)=O.COc1ccc2c(c1)c(CC(=O)OCOC(=O)[C@@H]1CCCN1[N+](=O)NOCOC(C)=O)c(C)n2C(=O)c1ccc(Cl)cc1. The maximum atomic E-state index is 13.4. The van der Waals surface area contributed by atoms with Gasteiger partial charge in [-0.3, -0.25) is 28.5 Å². The Kier molecular flexibility index (Phi) is 20.9. The molecule has 0 radical (unpaired) electrons. The summed E-state index contributed by atoms with van der Waals surface area (Å²) in [5, 5.41) is 3.34. The molecule has 2 saturated heterocycles. The van der Waals surface area contributed by atoms with E-state index < -0.39 is 81.0 Å². The van der Waals surface area contributed by atoms with Crippen LogP contribution in [0.2, 0.25) is 5.02 Å². The number of hydrazine groups is 4. The van der Waals surface area contributed by atoms with E-state index in [2.05, 4.69) is 14.3 Å². The second-order valence-corrected chi connectivity index (χ2v) is 16.1. The van der Waals surface area contributed by atoms with Crippen molar-refractivity contribution in [1.82, 2.24) is 25.8 Å². The van der Waals surface area contributed by atoms with Crippen LogP contribution >= 0.6 is 11.6 Å². The monoisotopic (exact) mass is 1060 g/mol. The number of halogens is 1. The van der Waals surface area contributed by atoms with Crippen LogP contribution < -0.4 is 20.7 Å². The Bertz CT molecular complexity index is 2730. The van der Waals surface area contributed by atoms with Crippen LogP contribution in [0.25, 0.3) is 10.9 Å². The molecule has 28 heteroatoms. The topological polar surface area (TPSA) is 304 Å². The van der Waals surface area contributed by atoms with Crippen LogP contribution in [0.15, 0.2) is 66.7 Å². The number of aromatic nitrogens is 1. The number of rotatable bonds is 22. The van der Waals surface area contributed by atoms with Gasteiger partial charge in [-0.15, -0.1) is 0 Å². The van der Waals surface area contributed by atoms with Crippen molar-refractivity contribution in [2.45, 2.75) is 71.9 Å². The molecule has 74 heavy (non-hydrogen) atoms. The number of carbonyl (C=O) groups is 8. The quantitative estimate of drug-likeness (QED) is 0.0217. The van der Waals surface area contributed by atoms with Crippen LogP contribution in [0, 0.1) is 16.7 Å². The van der Waals surface area contributed by atoms with Crippen molar-refractivity contribution in [3.8, 4) is 11.5 Å². The van der Waals surface area contributed by atoms with Crippen LogP contribution in [0.4, 0.5) is 0 Å². The molecule has 2 aliphatic rings. The lowest BCUT2D eigenvalue weighted by Crippen LogP contribution is -2.48. The third-order valence-corrected chi connectivity index (χ3v) is 11.0. The number of ether oxygens (including phenoxy) is 8. The third kappa shape index (κ3) is 15.8. The van der Waals surface area contributed by atoms with Crippen molar-refractivity contribution in [2.75, 3.05) is 47.4 Å². The minimum absolute atomic E-state index is 0.00937. The molecular formula is C46H52ClN7O20+2. The van der Waals surface area contributed by atoms with E-state index in [4.69, 9.17) is 44.9 Å². The number of nitroso groups, excluding NO2 is 2. The van der Waals surface area contributed by atoms with Gasteiger partial charge in [0.2, 0.25) is 27.2 Å². The summed E-state index contributed by atoms with van der Waals surface area (Å²) in [4.78, 5) is 130. The predicted molar refractivity (Wildman–Crippen MR) is 248 cm³/mol. The van der Waals surface area contributed by atoms with E-state index in [1.807, 2.05) is 11.2 Å². The predicted octanol–water partition coefficient (Wildman–Crippen LogP) is 3.39. The van der Waals surface area contributed by atoms with Gasteiger partial charge < -0.3 is 37.9 Å². The number of fused-ring (bicyclic) bond motifs is 1. The van der Waals surface area contributed by atoms with Gasteiger partial charge in [-0.2, -0.15) is 9.68 Å². The average Bonchev–Trinajstić information content (AvgIpc) is 4.13. The van der Waals surface area contributed by atoms with Crippen molar-refractivity contribution < 1.29 is 95.9 Å². The first-order chi connectivity index (χ1) is 35.4. The zero-order valence-electron chi connectivity index (χ0n) is 40.6. The van der Waals surface area contributed by atoms with E-state index >= 15 is 0 Å². The first-order valence-corrected chi connectivity index (χ1v) is 22.7. The molecule has 3 aromatic carbocycles. The summed E-state index contributed by atoms with van der Waals surface area (Å²) in [6.45, 7) is 3.34. The third-order valence-electron chi connectivity index (χ3n) is 10.7. The molecule has 0 aliphatic carbocycles. The molecule has 0 spiro atoms. The van der Waals surface area contributed by atoms with Crippen molar-refractivity contribution in [3.63, 3.8) is 0 Å². The molecule has 0 bridgehead atoms. The summed E-state index contributed by atoms with van der Waals surface area (Å²) in [5.41, 5.74) is 6.01. The summed E-state index contributed by atoms with van der Waals surface area (Å²) in [5.74, 6) is -4.69. The van der Waals surface area contributed by atoms with Gasteiger partial charge in [-0.05, 0) is 92.8 Å². The smallest absolute Gasteiger partial charge is 0.344 e. The van der Waals surface area contributed by atoms with Crippen LogP contribution in [-0.4, -0.2) is 132 Å². The molecule has 27 nitrogen and oxygen atoms in total. The van der Waals surface area contributed by atoms with Gasteiger partial charge in [0.15, 0.2) is 12.1 Å². The normalized spacial score (nSPS) is 14.6. The van der Waals surface area contributed by atoms with Crippen LogP contribution in [0.3, 0.4) is 0 Å². The lowest BCUT2D eigenvalue weighted by Gasteiger charge is -2.15. The average molecular weight is 1060 g/mol. The molecule has 2 fully saturated rings. The van der Waals surface area contributed by atoms with Crippen molar-refractivity contribution in [3.05, 3.63) is 104 Å². The number of benzene rings is 3. The number of hydrogen-bond acceptors (Lipinski definition) is 20. The molecule has 1 aromatic heterocycles. The molecule has 1 unspecified atom stereocenters. The Balaban J connectivity index is 0.000000290. The maximum Gasteiger partial charge on any atom is 0.344 e. The zero-order chi connectivity index (χ0) is 53.9. The lowest BCUT2D eigenvalue weighted by molar-refractivity contribution is -0.791. The van der Waals surface area contributed by atoms with Crippen molar-refractivity contribution >= 4 is 70.2 Å². The van der Waals surface area contributed by atoms with Gasteiger partial charge in [0.1, 0.15) is 17.1 Å². The Morgan fingerprint density at radius 1 is 0.676 bits per heavy atom. The van der Waals surface area contributed by atoms with Crippen LogP contribution in [0.5, 0.6) is 11.5 Å². The molecule has 6 rings (SSSR count). The van der Waals surface area contributed by atoms with E-state index in [1.54, 1.807) is 61.5 Å². The Morgan fingerprint density at radius 3 is 1.77 bits per heavy atom. The summed E-state index contributed by atoms with van der Waals surface area (Å²) in [6.07, 6.45) is 1.47. The second-order valence-electron chi connectivity index (χ2n) is 15.6. The largest absolute Gasteiger partial charge is 0.497 e. The van der Waals surface area contributed by atoms with E-state index in [1.165, 1.54) is 44.6 Å². The fourth-order valence-electron chi connectivity index (χ4n) is 7.34. The highest BCUT2D eigenvalue weighted by molar-refractivity contribution is 6.30. The molecule has 0 saturated carbocycles.